The molecule has 4 rings (SSSR count). The van der Waals surface area contributed by atoms with Gasteiger partial charge in [-0.2, -0.15) is 9.97 Å². The van der Waals surface area contributed by atoms with Gasteiger partial charge < -0.3 is 20.9 Å². The minimum Gasteiger partial charge on any atom is -0.382 e. The van der Waals surface area contributed by atoms with Crippen LogP contribution in [0.5, 0.6) is 0 Å². The summed E-state index contributed by atoms with van der Waals surface area (Å²) in [5.41, 5.74) is 8.04. The van der Waals surface area contributed by atoms with E-state index >= 15 is 0 Å². The summed E-state index contributed by atoms with van der Waals surface area (Å²) in [6.07, 6.45) is 6.93. The molecule has 3 aromatic rings. The zero-order chi connectivity index (χ0) is 24.5. The minimum atomic E-state index is -0.179. The normalized spacial score (nSPS) is 19.0. The number of halogens is 1. The average Bonchev–Trinajstić information content (AvgIpc) is 3.39. The van der Waals surface area contributed by atoms with Crippen LogP contribution in [0.2, 0.25) is 5.28 Å². The Balaban J connectivity index is 1.43. The van der Waals surface area contributed by atoms with E-state index in [4.69, 9.17) is 22.3 Å². The molecule has 1 fully saturated rings. The first-order valence-corrected chi connectivity index (χ1v) is 13.1. The second-order valence-corrected chi connectivity index (χ2v) is 10.7. The minimum absolute atomic E-state index is 0.0435. The number of amides is 1. The number of fused-ring (bicyclic) bond motifs is 1. The number of nitrogens with zero attached hydrogens (tertiary/aromatic N) is 5. The first-order valence-electron chi connectivity index (χ1n) is 11.9. The summed E-state index contributed by atoms with van der Waals surface area (Å²) in [7, 11) is 0. The van der Waals surface area contributed by atoms with E-state index in [-0.39, 0.29) is 34.5 Å². The molecular weight excluding hydrogens is 472 g/mol. The molecule has 9 nitrogen and oxygen atoms in total. The smallest absolute Gasteiger partial charge is 0.229 e. The maximum absolute atomic E-state index is 13.1. The Morgan fingerprint density at radius 3 is 2.65 bits per heavy atom. The average molecular weight is 505 g/mol. The van der Waals surface area contributed by atoms with Gasteiger partial charge in [-0.15, -0.1) is 0 Å². The number of imidazole rings is 1. The largest absolute Gasteiger partial charge is 0.382 e. The molecule has 184 valence electrons. The molecule has 1 amide bonds. The fourth-order valence-electron chi connectivity index (χ4n) is 4.82. The number of thiazole rings is 1. The molecule has 1 aliphatic rings. The van der Waals surface area contributed by atoms with Crippen LogP contribution in [0.4, 0.5) is 10.9 Å². The maximum atomic E-state index is 13.1. The standard InChI is InChI=1S/C23H33ClN8OS/c1-5-7-15-17(23(3,4)27-6-2)34-22(28-15)31-20(33)13-8-10-14(11-9-13)32-12-26-16-18(25)29-21(24)30-19(16)32/h12-14,27H,5-11H2,1-4H3,(H2,25,29,30)(H,28,31,33). The first-order chi connectivity index (χ1) is 16.2. The van der Waals surface area contributed by atoms with Gasteiger partial charge in [0, 0.05) is 22.4 Å². The van der Waals surface area contributed by atoms with Crippen LogP contribution in [0.25, 0.3) is 11.2 Å². The Labute approximate surface area is 208 Å². The SMILES string of the molecule is CCCc1nc(NC(=O)C2CCC(n3cnc4c(N)nc(Cl)nc43)CC2)sc1C(C)(C)NCC. The Hall–Kier alpha value is -2.30. The number of hydrogen-bond donors (Lipinski definition) is 3. The topological polar surface area (TPSA) is 124 Å². The highest BCUT2D eigenvalue weighted by Crippen LogP contribution is 2.37. The second-order valence-electron chi connectivity index (χ2n) is 9.40. The zero-order valence-electron chi connectivity index (χ0n) is 20.2. The molecule has 11 heteroatoms. The molecular formula is C23H33ClN8OS. The summed E-state index contributed by atoms with van der Waals surface area (Å²) in [6.45, 7) is 9.46. The molecule has 0 aliphatic heterocycles. The van der Waals surface area contributed by atoms with Crippen LogP contribution in [-0.2, 0) is 16.8 Å². The molecule has 0 unspecified atom stereocenters. The molecule has 0 spiro atoms. The predicted octanol–water partition coefficient (Wildman–Crippen LogP) is 4.69. The molecule has 34 heavy (non-hydrogen) atoms. The van der Waals surface area contributed by atoms with E-state index in [9.17, 15) is 4.79 Å². The van der Waals surface area contributed by atoms with Crippen molar-refractivity contribution in [2.24, 2.45) is 5.92 Å². The van der Waals surface area contributed by atoms with Crippen molar-refractivity contribution in [3.63, 3.8) is 0 Å². The van der Waals surface area contributed by atoms with Crippen molar-refractivity contribution in [1.82, 2.24) is 29.8 Å². The summed E-state index contributed by atoms with van der Waals surface area (Å²) >= 11 is 7.59. The molecule has 0 saturated heterocycles. The van der Waals surface area contributed by atoms with E-state index < -0.39 is 0 Å². The molecule has 1 aliphatic carbocycles. The van der Waals surface area contributed by atoms with E-state index in [0.717, 1.165) is 50.8 Å². The van der Waals surface area contributed by atoms with Gasteiger partial charge in [0.25, 0.3) is 0 Å². The lowest BCUT2D eigenvalue weighted by Gasteiger charge is -2.28. The third-order valence-corrected chi connectivity index (χ3v) is 7.99. The number of hydrogen-bond acceptors (Lipinski definition) is 8. The van der Waals surface area contributed by atoms with Crippen LogP contribution < -0.4 is 16.4 Å². The van der Waals surface area contributed by atoms with Gasteiger partial charge in [-0.1, -0.05) is 31.6 Å². The van der Waals surface area contributed by atoms with Gasteiger partial charge >= 0.3 is 0 Å². The molecule has 0 bridgehead atoms. The van der Waals surface area contributed by atoms with Crippen LogP contribution in [0.15, 0.2) is 6.33 Å². The number of aryl methyl sites for hydroxylation is 1. The van der Waals surface area contributed by atoms with E-state index in [2.05, 4.69) is 53.3 Å². The monoisotopic (exact) mass is 504 g/mol. The van der Waals surface area contributed by atoms with E-state index in [0.29, 0.717) is 16.3 Å². The molecule has 4 N–H and O–H groups in total. The lowest BCUT2D eigenvalue weighted by Crippen LogP contribution is -2.36. The predicted molar refractivity (Wildman–Crippen MR) is 137 cm³/mol. The zero-order valence-corrected chi connectivity index (χ0v) is 21.8. The number of nitrogens with one attached hydrogen (secondary N) is 2. The highest BCUT2D eigenvalue weighted by atomic mass is 35.5. The Morgan fingerprint density at radius 2 is 1.97 bits per heavy atom. The lowest BCUT2D eigenvalue weighted by atomic mass is 9.85. The van der Waals surface area contributed by atoms with Gasteiger partial charge in [0.05, 0.1) is 12.0 Å². The Kier molecular flexibility index (Phi) is 7.39. The van der Waals surface area contributed by atoms with Crippen LogP contribution in [0, 0.1) is 5.92 Å². The Morgan fingerprint density at radius 1 is 1.24 bits per heavy atom. The summed E-state index contributed by atoms with van der Waals surface area (Å²) in [5, 5.41) is 7.44. The van der Waals surface area contributed by atoms with Gasteiger partial charge in [-0.05, 0) is 64.1 Å². The fraction of sp³-hybridized carbons (Fsp3) is 0.609. The van der Waals surface area contributed by atoms with Gasteiger partial charge in [0.15, 0.2) is 16.6 Å². The number of carbonyl (C=O) groups excluding carboxylic acids is 1. The van der Waals surface area contributed by atoms with E-state index in [1.54, 1.807) is 17.7 Å². The third kappa shape index (κ3) is 5.04. The number of nitrogen functional groups attached to an aromatic ring is 1. The highest BCUT2D eigenvalue weighted by Gasteiger charge is 2.31. The fourth-order valence-corrected chi connectivity index (χ4v) is 6.09. The molecule has 3 aromatic heterocycles. The van der Waals surface area contributed by atoms with Crippen molar-refractivity contribution < 1.29 is 4.79 Å². The van der Waals surface area contributed by atoms with E-state index in [1.807, 2.05) is 4.57 Å². The summed E-state index contributed by atoms with van der Waals surface area (Å²) < 4.78 is 2.01. The number of aromatic nitrogens is 5. The van der Waals surface area contributed by atoms with Crippen molar-refractivity contribution in [3.05, 3.63) is 22.2 Å². The van der Waals surface area contributed by atoms with Crippen LogP contribution in [-0.4, -0.2) is 37.0 Å². The molecule has 0 radical (unpaired) electrons. The van der Waals surface area contributed by atoms with Gasteiger partial charge in [0.1, 0.15) is 5.52 Å². The Bertz CT molecular complexity index is 1170. The molecule has 1 saturated carbocycles. The van der Waals surface area contributed by atoms with Crippen molar-refractivity contribution in [1.29, 1.82) is 0 Å². The van der Waals surface area contributed by atoms with Crippen molar-refractivity contribution in [3.8, 4) is 0 Å². The number of rotatable bonds is 8. The molecule has 0 atom stereocenters. The third-order valence-electron chi connectivity index (χ3n) is 6.48. The number of nitrogens with two attached hydrogens (primary N) is 1. The summed E-state index contributed by atoms with van der Waals surface area (Å²) in [6, 6.07) is 0.197. The highest BCUT2D eigenvalue weighted by molar-refractivity contribution is 7.16. The molecule has 0 aromatic carbocycles. The first kappa shape index (κ1) is 24.8. The van der Waals surface area contributed by atoms with E-state index in [1.165, 1.54) is 4.88 Å². The van der Waals surface area contributed by atoms with Crippen LogP contribution in [0.1, 0.15) is 76.4 Å². The van der Waals surface area contributed by atoms with Crippen molar-refractivity contribution in [2.45, 2.75) is 77.8 Å². The maximum Gasteiger partial charge on any atom is 0.229 e. The number of anilines is 2. The van der Waals surface area contributed by atoms with Crippen molar-refractivity contribution >= 4 is 51.0 Å². The lowest BCUT2D eigenvalue weighted by molar-refractivity contribution is -0.120. The molecule has 3 heterocycles. The van der Waals surface area contributed by atoms with Gasteiger partial charge in [-0.25, -0.2) is 9.97 Å². The van der Waals surface area contributed by atoms with Gasteiger partial charge in [-0.3, -0.25) is 4.79 Å². The van der Waals surface area contributed by atoms with Gasteiger partial charge in [0.2, 0.25) is 11.2 Å². The van der Waals surface area contributed by atoms with Crippen LogP contribution >= 0.6 is 22.9 Å². The summed E-state index contributed by atoms with van der Waals surface area (Å²) in [5.74, 6) is 0.288. The van der Waals surface area contributed by atoms with Crippen LogP contribution in [0.3, 0.4) is 0 Å². The second kappa shape index (κ2) is 10.1. The number of carbonyl (C=O) groups is 1. The quantitative estimate of drug-likeness (QED) is 0.380. The summed E-state index contributed by atoms with van der Waals surface area (Å²) in [4.78, 5) is 31.7. The van der Waals surface area contributed by atoms with Crippen molar-refractivity contribution in [2.75, 3.05) is 17.6 Å².